The molecular weight excluding hydrogens is 606 g/mol. The summed E-state index contributed by atoms with van der Waals surface area (Å²) < 4.78 is 12.2. The number of carbonyl (C=O) groups excluding carboxylic acids is 3. The number of imidazole rings is 1. The zero-order valence-corrected chi connectivity index (χ0v) is 26.0. The number of rotatable bonds is 7. The van der Waals surface area contributed by atoms with Crippen LogP contribution < -0.4 is 20.1 Å². The number of amides is 3. The maximum absolute atomic E-state index is 13.2. The molecule has 2 aliphatic rings. The lowest BCUT2D eigenvalue weighted by atomic mass is 9.96. The van der Waals surface area contributed by atoms with Gasteiger partial charge in [-0.1, -0.05) is 11.6 Å². The van der Waals surface area contributed by atoms with Crippen LogP contribution in [0.2, 0.25) is 5.02 Å². The number of halogens is 1. The number of nitrogens with zero attached hydrogens (tertiary/aromatic N) is 5. The third-order valence-electron chi connectivity index (χ3n) is 7.73. The second kappa shape index (κ2) is 15.3. The van der Waals surface area contributed by atoms with Gasteiger partial charge in [0.25, 0.3) is 18.3 Å². The van der Waals surface area contributed by atoms with Crippen LogP contribution in [-0.4, -0.2) is 107 Å². The molecule has 1 aromatic carbocycles. The Labute approximate surface area is 265 Å². The maximum Gasteiger partial charge on any atom is 0.291 e. The third-order valence-corrected chi connectivity index (χ3v) is 8.04. The first-order valence-electron chi connectivity index (χ1n) is 14.3. The number of carboxylic acid groups (broad SMARTS) is 1. The number of aromatic nitrogens is 3. The lowest BCUT2D eigenvalue weighted by Crippen LogP contribution is -2.52. The van der Waals surface area contributed by atoms with Gasteiger partial charge in [-0.15, -0.1) is 0 Å². The fourth-order valence-electron chi connectivity index (χ4n) is 5.34. The largest absolute Gasteiger partial charge is 0.483 e. The average Bonchev–Trinajstić information content (AvgIpc) is 3.45. The van der Waals surface area contributed by atoms with Crippen LogP contribution in [0.5, 0.6) is 11.8 Å². The van der Waals surface area contributed by atoms with Gasteiger partial charge in [-0.05, 0) is 50.2 Å². The predicted molar refractivity (Wildman–Crippen MR) is 166 cm³/mol. The van der Waals surface area contributed by atoms with E-state index in [4.69, 9.17) is 31.0 Å². The zero-order chi connectivity index (χ0) is 32.5. The fourth-order valence-corrected chi connectivity index (χ4v) is 5.60. The number of piperazine rings is 1. The van der Waals surface area contributed by atoms with E-state index in [0.717, 1.165) is 25.9 Å². The van der Waals surface area contributed by atoms with Crippen molar-refractivity contribution in [1.29, 1.82) is 0 Å². The van der Waals surface area contributed by atoms with Crippen LogP contribution in [0, 0.1) is 5.92 Å². The lowest BCUT2D eigenvalue weighted by Gasteiger charge is -2.37. The van der Waals surface area contributed by atoms with Gasteiger partial charge in [-0.25, -0.2) is 4.98 Å². The number of piperidine rings is 1. The van der Waals surface area contributed by atoms with Crippen LogP contribution in [0.4, 0.5) is 5.69 Å². The van der Waals surface area contributed by atoms with Gasteiger partial charge in [-0.3, -0.25) is 19.2 Å². The molecule has 3 amide bonds. The first-order valence-corrected chi connectivity index (χ1v) is 14.7. The van der Waals surface area contributed by atoms with Gasteiger partial charge in [0.15, 0.2) is 5.82 Å². The third kappa shape index (κ3) is 7.70. The van der Waals surface area contributed by atoms with Crippen molar-refractivity contribution in [3.8, 4) is 23.0 Å². The van der Waals surface area contributed by atoms with Crippen molar-refractivity contribution in [3.63, 3.8) is 0 Å². The number of benzene rings is 1. The first kappa shape index (κ1) is 33.2. The van der Waals surface area contributed by atoms with E-state index in [1.54, 1.807) is 53.0 Å². The number of carbonyl (C=O) groups is 4. The number of pyridine rings is 1. The molecule has 0 atom stereocenters. The van der Waals surface area contributed by atoms with Crippen molar-refractivity contribution >= 4 is 41.5 Å². The van der Waals surface area contributed by atoms with E-state index >= 15 is 0 Å². The Kier molecular flexibility index (Phi) is 11.3. The van der Waals surface area contributed by atoms with Crippen LogP contribution in [0.15, 0.2) is 36.5 Å². The van der Waals surface area contributed by atoms with E-state index in [9.17, 15) is 14.4 Å². The van der Waals surface area contributed by atoms with E-state index in [-0.39, 0.29) is 35.1 Å². The molecule has 0 bridgehead atoms. The molecule has 5 rings (SSSR count). The van der Waals surface area contributed by atoms with Crippen LogP contribution in [0.25, 0.3) is 11.3 Å². The Morgan fingerprint density at radius 1 is 1.04 bits per heavy atom. The van der Waals surface area contributed by atoms with E-state index < -0.39 is 5.91 Å². The Balaban J connectivity index is 0.00000148. The summed E-state index contributed by atoms with van der Waals surface area (Å²) in [5.41, 5.74) is 2.04. The summed E-state index contributed by atoms with van der Waals surface area (Å²) in [6.07, 6.45) is 3.27. The molecule has 3 aromatic rings. The molecule has 0 aliphatic carbocycles. The monoisotopic (exact) mass is 641 g/mol. The second-order valence-electron chi connectivity index (χ2n) is 10.3. The number of ether oxygens (including phenoxy) is 2. The highest BCUT2D eigenvalue weighted by atomic mass is 35.5. The van der Waals surface area contributed by atoms with Gasteiger partial charge in [0, 0.05) is 50.9 Å². The van der Waals surface area contributed by atoms with Crippen LogP contribution in [-0.2, 0) is 16.6 Å². The summed E-state index contributed by atoms with van der Waals surface area (Å²) in [5.74, 6) is 0.491. The topological polar surface area (TPSA) is 168 Å². The summed E-state index contributed by atoms with van der Waals surface area (Å²) >= 11 is 6.51. The molecule has 0 unspecified atom stereocenters. The number of hydrogen-bond donors (Lipinski definition) is 3. The van der Waals surface area contributed by atoms with Gasteiger partial charge < -0.3 is 39.6 Å². The van der Waals surface area contributed by atoms with Crippen molar-refractivity contribution in [1.82, 2.24) is 29.7 Å². The summed E-state index contributed by atoms with van der Waals surface area (Å²) in [7, 11) is 4.74. The molecule has 2 fully saturated rings. The van der Waals surface area contributed by atoms with Crippen molar-refractivity contribution in [3.05, 3.63) is 52.9 Å². The van der Waals surface area contributed by atoms with Gasteiger partial charge in [0.05, 0.1) is 42.3 Å². The maximum atomic E-state index is 13.2. The molecule has 0 radical (unpaired) electrons. The minimum atomic E-state index is -0.450. The normalized spacial score (nSPS) is 15.0. The summed E-state index contributed by atoms with van der Waals surface area (Å²) in [4.78, 5) is 59.7. The van der Waals surface area contributed by atoms with E-state index in [2.05, 4.69) is 20.6 Å². The molecule has 0 spiro atoms. The minimum Gasteiger partial charge on any atom is -0.483 e. The molecule has 0 saturated carbocycles. The van der Waals surface area contributed by atoms with Crippen molar-refractivity contribution in [2.75, 3.05) is 58.8 Å². The summed E-state index contributed by atoms with van der Waals surface area (Å²) in [6, 6.07) is 8.26. The average molecular weight is 642 g/mol. The summed E-state index contributed by atoms with van der Waals surface area (Å²) in [5, 5.41) is 13.2. The van der Waals surface area contributed by atoms with Gasteiger partial charge >= 0.3 is 0 Å². The minimum absolute atomic E-state index is 0.0605. The summed E-state index contributed by atoms with van der Waals surface area (Å²) in [6.45, 7) is 3.38. The molecule has 3 N–H and O–H groups in total. The number of methoxy groups -OCH3 is 2. The molecule has 240 valence electrons. The Morgan fingerprint density at radius 2 is 1.71 bits per heavy atom. The quantitative estimate of drug-likeness (QED) is 0.326. The van der Waals surface area contributed by atoms with Crippen molar-refractivity contribution in [2.45, 2.75) is 12.8 Å². The fraction of sp³-hybridized carbons (Fsp3) is 0.400. The van der Waals surface area contributed by atoms with Crippen molar-refractivity contribution < 1.29 is 33.8 Å². The number of nitrogens with one attached hydrogen (secondary N) is 2. The zero-order valence-electron chi connectivity index (χ0n) is 25.3. The predicted octanol–water partition coefficient (Wildman–Crippen LogP) is 2.39. The van der Waals surface area contributed by atoms with Gasteiger partial charge in [0.1, 0.15) is 0 Å². The number of anilines is 1. The highest BCUT2D eigenvalue weighted by Gasteiger charge is 2.30. The van der Waals surface area contributed by atoms with Crippen LogP contribution in [0.3, 0.4) is 0 Å². The molecule has 14 nitrogen and oxygen atoms in total. The first-order chi connectivity index (χ1) is 21.7. The highest BCUT2D eigenvalue weighted by molar-refractivity contribution is 6.34. The molecule has 4 heterocycles. The van der Waals surface area contributed by atoms with E-state index in [1.807, 2.05) is 4.90 Å². The molecule has 15 heteroatoms. The van der Waals surface area contributed by atoms with Gasteiger partial charge in [-0.2, -0.15) is 4.98 Å². The standard InChI is InChI=1S/C29H34ClN7O5.CH2O2/c1-35-23(21-6-7-24(41-2)34-27(21)42-3)17-32-25(35)26(38)33-19-4-5-20(22(30)16-19)29(40)37-14-12-36(13-15-37)28(39)18-8-10-31-11-9-18;2-1-3/h4-7,16-18,31H,8-15H2,1-3H3,(H,33,38);1H,(H,2,3). The Bertz CT molecular complexity index is 1530. The molecule has 2 aliphatic heterocycles. The van der Waals surface area contributed by atoms with Gasteiger partial charge in [0.2, 0.25) is 17.7 Å². The van der Waals surface area contributed by atoms with E-state index in [0.29, 0.717) is 60.4 Å². The Hall–Kier alpha value is -4.69. The molecule has 45 heavy (non-hydrogen) atoms. The smallest absolute Gasteiger partial charge is 0.291 e. The lowest BCUT2D eigenvalue weighted by molar-refractivity contribution is -0.137. The van der Waals surface area contributed by atoms with Crippen LogP contribution >= 0.6 is 11.6 Å². The SMILES string of the molecule is COc1ccc(-c2cnc(C(=O)Nc3ccc(C(=O)N4CCN(C(=O)C5CCNCC5)CC4)c(Cl)c3)n2C)c(OC)n1.O=CO. The van der Waals surface area contributed by atoms with Crippen molar-refractivity contribution in [2.24, 2.45) is 13.0 Å². The Morgan fingerprint density at radius 3 is 2.33 bits per heavy atom. The van der Waals surface area contributed by atoms with E-state index in [1.165, 1.54) is 14.2 Å². The molecule has 2 saturated heterocycles. The highest BCUT2D eigenvalue weighted by Crippen LogP contribution is 2.31. The van der Waals surface area contributed by atoms with Crippen LogP contribution in [0.1, 0.15) is 33.8 Å². The second-order valence-corrected chi connectivity index (χ2v) is 10.7. The number of hydrogen-bond acceptors (Lipinski definition) is 9. The molecule has 2 aromatic heterocycles. The molecular formula is C30H36ClN7O7.